The van der Waals surface area contributed by atoms with E-state index in [4.69, 9.17) is 0 Å². The molecule has 110 valence electrons. The van der Waals surface area contributed by atoms with Crippen LogP contribution >= 0.6 is 0 Å². The number of non-ortho nitro benzene ring substituents is 1. The van der Waals surface area contributed by atoms with Gasteiger partial charge in [0, 0.05) is 24.8 Å². The van der Waals surface area contributed by atoms with Crippen molar-refractivity contribution in [3.8, 4) is 0 Å². The lowest BCUT2D eigenvalue weighted by Crippen LogP contribution is -2.28. The fourth-order valence-corrected chi connectivity index (χ4v) is 2.95. The van der Waals surface area contributed by atoms with Crippen LogP contribution in [0.15, 0.2) is 24.3 Å². The Kier molecular flexibility index (Phi) is 5.09. The monoisotopic (exact) mass is 278 g/mol. The van der Waals surface area contributed by atoms with Gasteiger partial charge in [-0.2, -0.15) is 0 Å². The van der Waals surface area contributed by atoms with Crippen LogP contribution in [-0.4, -0.2) is 23.2 Å². The van der Waals surface area contributed by atoms with Gasteiger partial charge in [-0.1, -0.05) is 18.6 Å². The lowest BCUT2D eigenvalue weighted by Gasteiger charge is -2.21. The largest absolute Gasteiger partial charge is 0.396 e. The van der Waals surface area contributed by atoms with Gasteiger partial charge in [0.05, 0.1) is 4.92 Å². The Hall–Kier alpha value is -1.46. The number of aliphatic hydroxyl groups is 1. The van der Waals surface area contributed by atoms with Gasteiger partial charge in [0.15, 0.2) is 0 Å². The van der Waals surface area contributed by atoms with Crippen LogP contribution in [0.25, 0.3) is 0 Å². The molecule has 0 amide bonds. The van der Waals surface area contributed by atoms with Crippen LogP contribution in [-0.2, 0) is 0 Å². The molecule has 0 saturated heterocycles. The predicted molar refractivity (Wildman–Crippen MR) is 77.4 cm³/mol. The minimum atomic E-state index is -0.383. The van der Waals surface area contributed by atoms with Gasteiger partial charge < -0.3 is 10.4 Å². The quantitative estimate of drug-likeness (QED) is 0.619. The number of nitro benzene ring substituents is 1. The van der Waals surface area contributed by atoms with Gasteiger partial charge in [0.25, 0.3) is 5.69 Å². The Morgan fingerprint density at radius 1 is 1.35 bits per heavy atom. The summed E-state index contributed by atoms with van der Waals surface area (Å²) in [5.41, 5.74) is 1.17. The van der Waals surface area contributed by atoms with E-state index in [9.17, 15) is 15.2 Å². The fraction of sp³-hybridized carbons (Fsp3) is 0.600. The summed E-state index contributed by atoms with van der Waals surface area (Å²) in [6.45, 7) is 3.23. The van der Waals surface area contributed by atoms with E-state index in [1.54, 1.807) is 24.3 Å². The van der Waals surface area contributed by atoms with Gasteiger partial charge in [0.2, 0.25) is 0 Å². The highest BCUT2D eigenvalue weighted by atomic mass is 16.6. The smallest absolute Gasteiger partial charge is 0.269 e. The molecule has 20 heavy (non-hydrogen) atoms. The number of rotatable bonds is 6. The topological polar surface area (TPSA) is 75.4 Å². The fourth-order valence-electron chi connectivity index (χ4n) is 2.95. The van der Waals surface area contributed by atoms with Crippen molar-refractivity contribution in [2.45, 2.75) is 32.2 Å². The van der Waals surface area contributed by atoms with E-state index in [0.717, 1.165) is 18.5 Å². The minimum absolute atomic E-state index is 0.122. The summed E-state index contributed by atoms with van der Waals surface area (Å²) in [6, 6.07) is 6.84. The van der Waals surface area contributed by atoms with E-state index in [2.05, 4.69) is 12.2 Å². The minimum Gasteiger partial charge on any atom is -0.396 e. The molecule has 0 spiro atoms. The summed E-state index contributed by atoms with van der Waals surface area (Å²) in [6.07, 6.45) is 3.49. The van der Waals surface area contributed by atoms with E-state index >= 15 is 0 Å². The van der Waals surface area contributed by atoms with Crippen LogP contribution in [0.1, 0.15) is 37.8 Å². The van der Waals surface area contributed by atoms with Crippen LogP contribution in [0, 0.1) is 22.0 Å². The van der Waals surface area contributed by atoms with Gasteiger partial charge in [0.1, 0.15) is 0 Å². The van der Waals surface area contributed by atoms with Crippen molar-refractivity contribution in [3.63, 3.8) is 0 Å². The Morgan fingerprint density at radius 2 is 2.00 bits per heavy atom. The molecule has 0 aliphatic heterocycles. The van der Waals surface area contributed by atoms with Crippen LogP contribution < -0.4 is 5.32 Å². The van der Waals surface area contributed by atoms with Gasteiger partial charge in [-0.3, -0.25) is 10.1 Å². The molecule has 0 heterocycles. The van der Waals surface area contributed by atoms with Crippen molar-refractivity contribution in [3.05, 3.63) is 39.9 Å². The average Bonchev–Trinajstić information content (AvgIpc) is 2.92. The summed E-state index contributed by atoms with van der Waals surface area (Å²) in [5.74, 6) is 0.965. The third kappa shape index (κ3) is 3.55. The first-order valence-electron chi connectivity index (χ1n) is 7.20. The molecule has 1 aromatic rings. The Morgan fingerprint density at radius 3 is 2.60 bits per heavy atom. The maximum Gasteiger partial charge on any atom is 0.269 e. The highest BCUT2D eigenvalue weighted by molar-refractivity contribution is 5.34. The summed E-state index contributed by atoms with van der Waals surface area (Å²) in [7, 11) is 0. The zero-order chi connectivity index (χ0) is 14.5. The molecular formula is C15H22N2O3. The molecule has 3 unspecified atom stereocenters. The normalized spacial score (nSPS) is 23.7. The third-order valence-corrected chi connectivity index (χ3v) is 4.34. The van der Waals surface area contributed by atoms with E-state index < -0.39 is 0 Å². The lowest BCUT2D eigenvalue weighted by molar-refractivity contribution is -0.384. The summed E-state index contributed by atoms with van der Waals surface area (Å²) in [4.78, 5) is 10.2. The first-order valence-corrected chi connectivity index (χ1v) is 7.20. The molecule has 1 aromatic carbocycles. The molecule has 5 heteroatoms. The number of nitrogens with zero attached hydrogens (tertiary/aromatic N) is 1. The number of hydrogen-bond donors (Lipinski definition) is 2. The molecule has 1 saturated carbocycles. The Balaban J connectivity index is 1.88. The standard InChI is InChI=1S/C15H22N2O3/c1-11(12-5-7-15(8-6-12)17(19)20)16-9-13-3-2-4-14(13)10-18/h5-8,11,13-14,16,18H,2-4,9-10H2,1H3. The summed E-state index contributed by atoms with van der Waals surface area (Å²) < 4.78 is 0. The van der Waals surface area contributed by atoms with E-state index in [0.29, 0.717) is 11.8 Å². The second-order valence-corrected chi connectivity index (χ2v) is 5.61. The van der Waals surface area contributed by atoms with Crippen LogP contribution in [0.5, 0.6) is 0 Å². The molecular weight excluding hydrogens is 256 g/mol. The molecule has 0 aromatic heterocycles. The number of aliphatic hydroxyl groups excluding tert-OH is 1. The summed E-state index contributed by atoms with van der Waals surface area (Å²) in [5, 5.41) is 23.4. The number of benzene rings is 1. The van der Waals surface area contributed by atoms with E-state index in [1.165, 1.54) is 12.8 Å². The van der Waals surface area contributed by atoms with Crippen molar-refractivity contribution in [1.29, 1.82) is 0 Å². The third-order valence-electron chi connectivity index (χ3n) is 4.34. The zero-order valence-electron chi connectivity index (χ0n) is 11.8. The maximum atomic E-state index is 10.6. The molecule has 1 aliphatic carbocycles. The Bertz CT molecular complexity index is 447. The molecule has 0 radical (unpaired) electrons. The van der Waals surface area contributed by atoms with Crippen molar-refractivity contribution < 1.29 is 10.0 Å². The van der Waals surface area contributed by atoms with Crippen molar-refractivity contribution in [1.82, 2.24) is 5.32 Å². The zero-order valence-corrected chi connectivity index (χ0v) is 11.8. The molecule has 1 aliphatic rings. The molecule has 5 nitrogen and oxygen atoms in total. The SMILES string of the molecule is CC(NCC1CCCC1CO)c1ccc([N+](=O)[O-])cc1. The van der Waals surface area contributed by atoms with Crippen molar-refractivity contribution in [2.75, 3.05) is 13.2 Å². The van der Waals surface area contributed by atoms with E-state index in [-0.39, 0.29) is 23.3 Å². The molecule has 2 N–H and O–H groups in total. The second kappa shape index (κ2) is 6.81. The predicted octanol–water partition coefficient (Wildman–Crippen LogP) is 2.65. The van der Waals surface area contributed by atoms with Crippen LogP contribution in [0.4, 0.5) is 5.69 Å². The molecule has 1 fully saturated rings. The maximum absolute atomic E-state index is 10.6. The Labute approximate surface area is 119 Å². The second-order valence-electron chi connectivity index (χ2n) is 5.61. The van der Waals surface area contributed by atoms with Gasteiger partial charge in [-0.05, 0) is 43.7 Å². The van der Waals surface area contributed by atoms with Gasteiger partial charge >= 0.3 is 0 Å². The highest BCUT2D eigenvalue weighted by Crippen LogP contribution is 2.31. The number of hydrogen-bond acceptors (Lipinski definition) is 4. The average molecular weight is 278 g/mol. The van der Waals surface area contributed by atoms with Crippen molar-refractivity contribution >= 4 is 5.69 Å². The number of nitrogens with one attached hydrogen (secondary N) is 1. The summed E-state index contributed by atoms with van der Waals surface area (Å²) >= 11 is 0. The van der Waals surface area contributed by atoms with Crippen molar-refractivity contribution in [2.24, 2.45) is 11.8 Å². The molecule has 2 rings (SSSR count). The molecule has 3 atom stereocenters. The van der Waals surface area contributed by atoms with Gasteiger partial charge in [-0.15, -0.1) is 0 Å². The first-order chi connectivity index (χ1) is 9.61. The number of nitro groups is 1. The molecule has 0 bridgehead atoms. The van der Waals surface area contributed by atoms with Gasteiger partial charge in [-0.25, -0.2) is 0 Å². The highest BCUT2D eigenvalue weighted by Gasteiger charge is 2.26. The van der Waals surface area contributed by atoms with Crippen LogP contribution in [0.3, 0.4) is 0 Å². The lowest BCUT2D eigenvalue weighted by atomic mass is 9.96. The van der Waals surface area contributed by atoms with E-state index in [1.807, 2.05) is 0 Å². The first kappa shape index (κ1) is 14.9. The van der Waals surface area contributed by atoms with Crippen LogP contribution in [0.2, 0.25) is 0 Å².